The minimum Gasteiger partial charge on any atom is -0.394 e. The summed E-state index contributed by atoms with van der Waals surface area (Å²) in [5.41, 5.74) is 1.43. The third-order valence-corrected chi connectivity index (χ3v) is 5.55. The lowest BCUT2D eigenvalue weighted by Crippen LogP contribution is -2.41. The van der Waals surface area contributed by atoms with Crippen molar-refractivity contribution in [3.63, 3.8) is 0 Å². The second-order valence-electron chi connectivity index (χ2n) is 6.22. The fourth-order valence-corrected chi connectivity index (χ4v) is 4.06. The number of rotatable bonds is 9. The molecule has 2 aromatic rings. The van der Waals surface area contributed by atoms with Gasteiger partial charge in [-0.2, -0.15) is 0 Å². The van der Waals surface area contributed by atoms with E-state index in [4.69, 9.17) is 0 Å². The SMILES string of the molecule is CCCc1sc(C(=O)N[C@@H](CO)[C@H](O)c2ccc([N+](=O)[O-])cc2)cc1CC. The molecule has 0 bridgehead atoms. The zero-order valence-electron chi connectivity index (χ0n) is 15.3. The van der Waals surface area contributed by atoms with Crippen LogP contribution in [0.1, 0.15) is 52.0 Å². The minimum atomic E-state index is -1.18. The first kappa shape index (κ1) is 21.0. The number of nitro groups is 1. The third-order valence-electron chi connectivity index (χ3n) is 4.32. The highest BCUT2D eigenvalue weighted by Gasteiger charge is 2.24. The molecule has 1 heterocycles. The second-order valence-corrected chi connectivity index (χ2v) is 7.36. The number of carbonyl (C=O) groups is 1. The molecule has 1 aromatic carbocycles. The molecule has 7 nitrogen and oxygen atoms in total. The van der Waals surface area contributed by atoms with Gasteiger partial charge < -0.3 is 15.5 Å². The summed E-state index contributed by atoms with van der Waals surface area (Å²) < 4.78 is 0. The minimum absolute atomic E-state index is 0.0929. The largest absolute Gasteiger partial charge is 0.394 e. The molecule has 27 heavy (non-hydrogen) atoms. The molecule has 0 aliphatic rings. The molecule has 0 saturated carbocycles. The summed E-state index contributed by atoms with van der Waals surface area (Å²) in [7, 11) is 0. The van der Waals surface area contributed by atoms with Crippen molar-refractivity contribution in [2.24, 2.45) is 0 Å². The molecule has 2 rings (SSSR count). The molecule has 0 aliphatic carbocycles. The van der Waals surface area contributed by atoms with Gasteiger partial charge in [0.15, 0.2) is 0 Å². The Morgan fingerprint density at radius 3 is 2.48 bits per heavy atom. The van der Waals surface area contributed by atoms with Gasteiger partial charge in [0.05, 0.1) is 22.4 Å². The van der Waals surface area contributed by atoms with Gasteiger partial charge >= 0.3 is 0 Å². The van der Waals surface area contributed by atoms with E-state index in [2.05, 4.69) is 12.2 Å². The number of carbonyl (C=O) groups excluding carboxylic acids is 1. The molecule has 0 radical (unpaired) electrons. The highest BCUT2D eigenvalue weighted by molar-refractivity contribution is 7.14. The zero-order valence-corrected chi connectivity index (χ0v) is 16.2. The number of aliphatic hydroxyl groups excluding tert-OH is 2. The van der Waals surface area contributed by atoms with Gasteiger partial charge in [0.25, 0.3) is 11.6 Å². The van der Waals surface area contributed by atoms with E-state index < -0.39 is 23.7 Å². The van der Waals surface area contributed by atoms with Gasteiger partial charge in [0, 0.05) is 17.0 Å². The Balaban J connectivity index is 2.13. The first-order chi connectivity index (χ1) is 12.9. The van der Waals surface area contributed by atoms with E-state index in [1.165, 1.54) is 40.5 Å². The van der Waals surface area contributed by atoms with Crippen LogP contribution >= 0.6 is 11.3 Å². The molecule has 1 amide bonds. The van der Waals surface area contributed by atoms with E-state index in [9.17, 15) is 25.1 Å². The van der Waals surface area contributed by atoms with Crippen LogP contribution in [0, 0.1) is 10.1 Å². The molecular weight excluding hydrogens is 368 g/mol. The van der Waals surface area contributed by atoms with Gasteiger partial charge in [0.1, 0.15) is 6.10 Å². The van der Waals surface area contributed by atoms with Crippen molar-refractivity contribution in [1.82, 2.24) is 5.32 Å². The fraction of sp³-hybridized carbons (Fsp3) is 0.421. The number of non-ortho nitro benzene ring substituents is 1. The number of hydrogen-bond acceptors (Lipinski definition) is 6. The van der Waals surface area contributed by atoms with Gasteiger partial charge in [-0.25, -0.2) is 0 Å². The summed E-state index contributed by atoms with van der Waals surface area (Å²) >= 11 is 1.43. The van der Waals surface area contributed by atoms with Gasteiger partial charge in [-0.1, -0.05) is 20.3 Å². The Kier molecular flexibility index (Phi) is 7.46. The van der Waals surface area contributed by atoms with E-state index in [-0.39, 0.29) is 11.6 Å². The highest BCUT2D eigenvalue weighted by atomic mass is 32.1. The summed E-state index contributed by atoms with van der Waals surface area (Å²) in [5, 5.41) is 33.4. The van der Waals surface area contributed by atoms with E-state index in [1.54, 1.807) is 0 Å². The number of aryl methyl sites for hydroxylation is 2. The predicted octanol–water partition coefficient (Wildman–Crippen LogP) is 3.00. The second kappa shape index (κ2) is 9.59. The van der Waals surface area contributed by atoms with Crippen LogP contribution in [0.5, 0.6) is 0 Å². The van der Waals surface area contributed by atoms with E-state index in [0.29, 0.717) is 10.4 Å². The van der Waals surface area contributed by atoms with E-state index >= 15 is 0 Å². The molecule has 0 unspecified atom stereocenters. The smallest absolute Gasteiger partial charge is 0.269 e. The zero-order chi connectivity index (χ0) is 20.0. The van der Waals surface area contributed by atoms with Crippen LogP contribution in [0.4, 0.5) is 5.69 Å². The molecule has 0 saturated heterocycles. The molecule has 2 atom stereocenters. The lowest BCUT2D eigenvalue weighted by atomic mass is 10.0. The number of benzene rings is 1. The number of nitrogens with zero attached hydrogens (tertiary/aromatic N) is 1. The van der Waals surface area contributed by atoms with E-state index in [1.807, 2.05) is 13.0 Å². The van der Waals surface area contributed by atoms with Crippen molar-refractivity contribution in [2.45, 2.75) is 45.3 Å². The van der Waals surface area contributed by atoms with Crippen molar-refractivity contribution in [1.29, 1.82) is 0 Å². The van der Waals surface area contributed by atoms with Crippen LogP contribution < -0.4 is 5.32 Å². The number of aliphatic hydroxyl groups is 2. The highest BCUT2D eigenvalue weighted by Crippen LogP contribution is 2.26. The van der Waals surface area contributed by atoms with Crippen LogP contribution in [0.25, 0.3) is 0 Å². The summed E-state index contributed by atoms with van der Waals surface area (Å²) in [6.07, 6.45) is 1.57. The Bertz CT molecular complexity index is 788. The van der Waals surface area contributed by atoms with Crippen LogP contribution in [-0.2, 0) is 12.8 Å². The summed E-state index contributed by atoms with van der Waals surface area (Å²) in [6.45, 7) is 3.66. The summed E-state index contributed by atoms with van der Waals surface area (Å²) in [6, 6.07) is 6.32. The first-order valence-electron chi connectivity index (χ1n) is 8.86. The molecule has 3 N–H and O–H groups in total. The Hall–Kier alpha value is -2.29. The predicted molar refractivity (Wildman–Crippen MR) is 104 cm³/mol. The quantitative estimate of drug-likeness (QED) is 0.448. The van der Waals surface area contributed by atoms with Crippen molar-refractivity contribution in [2.75, 3.05) is 6.61 Å². The number of amides is 1. The third kappa shape index (κ3) is 5.12. The van der Waals surface area contributed by atoms with Crippen molar-refractivity contribution in [3.8, 4) is 0 Å². The van der Waals surface area contributed by atoms with Crippen LogP contribution in [-0.4, -0.2) is 33.7 Å². The average Bonchev–Trinajstić information content (AvgIpc) is 3.09. The number of nitrogens with one attached hydrogen (secondary N) is 1. The first-order valence-corrected chi connectivity index (χ1v) is 9.68. The average molecular weight is 392 g/mol. The van der Waals surface area contributed by atoms with Gasteiger partial charge in [-0.05, 0) is 42.2 Å². The maximum absolute atomic E-state index is 12.6. The van der Waals surface area contributed by atoms with Gasteiger partial charge in [-0.15, -0.1) is 11.3 Å². The van der Waals surface area contributed by atoms with Crippen molar-refractivity contribution >= 4 is 22.9 Å². The van der Waals surface area contributed by atoms with Crippen LogP contribution in [0.15, 0.2) is 30.3 Å². The van der Waals surface area contributed by atoms with Gasteiger partial charge in [0.2, 0.25) is 0 Å². The molecular formula is C19H24N2O5S. The maximum Gasteiger partial charge on any atom is 0.269 e. The number of nitro benzene ring substituents is 1. The lowest BCUT2D eigenvalue weighted by Gasteiger charge is -2.22. The molecule has 1 aromatic heterocycles. The monoisotopic (exact) mass is 392 g/mol. The Morgan fingerprint density at radius 1 is 1.30 bits per heavy atom. The molecule has 8 heteroatoms. The number of hydrogen-bond donors (Lipinski definition) is 3. The van der Waals surface area contributed by atoms with Crippen LogP contribution in [0.3, 0.4) is 0 Å². The fourth-order valence-electron chi connectivity index (χ4n) is 2.81. The Labute approximate surface area is 161 Å². The maximum atomic E-state index is 12.6. The molecule has 0 aliphatic heterocycles. The summed E-state index contributed by atoms with van der Waals surface area (Å²) in [4.78, 5) is 24.5. The molecule has 0 fully saturated rings. The summed E-state index contributed by atoms with van der Waals surface area (Å²) in [5.74, 6) is -0.350. The molecule has 0 spiro atoms. The topological polar surface area (TPSA) is 113 Å². The standard InChI is InChI=1S/C19H24N2O5S/c1-3-5-16-12(4-2)10-17(27-16)19(24)20-15(11-22)18(23)13-6-8-14(9-7-13)21(25)26/h6-10,15,18,22-23H,3-5,11H2,1-2H3,(H,20,24)/t15-,18+/m0/s1. The van der Waals surface area contributed by atoms with Crippen molar-refractivity contribution in [3.05, 3.63) is 61.3 Å². The van der Waals surface area contributed by atoms with Crippen LogP contribution in [0.2, 0.25) is 0 Å². The lowest BCUT2D eigenvalue weighted by molar-refractivity contribution is -0.384. The number of thiophene rings is 1. The molecule has 146 valence electrons. The Morgan fingerprint density at radius 2 is 1.96 bits per heavy atom. The van der Waals surface area contributed by atoms with Gasteiger partial charge in [-0.3, -0.25) is 14.9 Å². The van der Waals surface area contributed by atoms with Crippen molar-refractivity contribution < 1.29 is 19.9 Å². The van der Waals surface area contributed by atoms with E-state index in [0.717, 1.165) is 24.8 Å². The normalized spacial score (nSPS) is 13.2.